The van der Waals surface area contributed by atoms with Gasteiger partial charge in [0.1, 0.15) is 0 Å². The van der Waals surface area contributed by atoms with Crippen LogP contribution in [0.15, 0.2) is 0 Å². The number of hydrogen-bond donors (Lipinski definition) is 1. The van der Waals surface area contributed by atoms with Gasteiger partial charge >= 0.3 is 0 Å². The zero-order valence-electron chi connectivity index (χ0n) is 12.8. The molecule has 4 heteroatoms. The zero-order chi connectivity index (χ0) is 13.8. The van der Waals surface area contributed by atoms with E-state index in [2.05, 4.69) is 24.1 Å². The van der Waals surface area contributed by atoms with Crippen LogP contribution in [0, 0.1) is 5.41 Å². The maximum atomic E-state index is 5.43. The fourth-order valence-corrected chi connectivity index (χ4v) is 3.27. The molecule has 0 unspecified atom stereocenters. The molecule has 1 saturated carbocycles. The van der Waals surface area contributed by atoms with Gasteiger partial charge in [-0.05, 0) is 26.7 Å². The van der Waals surface area contributed by atoms with Gasteiger partial charge in [-0.3, -0.25) is 4.90 Å². The van der Waals surface area contributed by atoms with Crippen LogP contribution in [0.25, 0.3) is 0 Å². The third-order valence-corrected chi connectivity index (χ3v) is 4.79. The van der Waals surface area contributed by atoms with Gasteiger partial charge in [-0.1, -0.05) is 6.42 Å². The second kappa shape index (κ2) is 6.53. The average molecular weight is 270 g/mol. The quantitative estimate of drug-likeness (QED) is 0.760. The standard InChI is InChI=1S/C15H30N2O2/c1-14(2,17-7-9-19-10-8-17)11-16-12-15(13-18-3)5-4-6-15/h16H,4-13H2,1-3H3. The monoisotopic (exact) mass is 270 g/mol. The summed E-state index contributed by atoms with van der Waals surface area (Å²) in [6.45, 7) is 11.5. The minimum atomic E-state index is 0.210. The fourth-order valence-electron chi connectivity index (χ4n) is 3.27. The second-order valence-corrected chi connectivity index (χ2v) is 6.80. The molecule has 0 aromatic rings. The Hall–Kier alpha value is -0.160. The van der Waals surface area contributed by atoms with Crippen LogP contribution in [0.1, 0.15) is 33.1 Å². The van der Waals surface area contributed by atoms with E-state index in [9.17, 15) is 0 Å². The molecule has 1 saturated heterocycles. The Kier molecular flexibility index (Phi) is 5.23. The number of hydrogen-bond acceptors (Lipinski definition) is 4. The Bertz CT molecular complexity index is 271. The van der Waals surface area contributed by atoms with Crippen LogP contribution < -0.4 is 5.32 Å². The second-order valence-electron chi connectivity index (χ2n) is 6.80. The van der Waals surface area contributed by atoms with E-state index in [1.807, 2.05) is 7.11 Å². The first-order valence-electron chi connectivity index (χ1n) is 7.61. The lowest BCUT2D eigenvalue weighted by atomic mass is 9.69. The van der Waals surface area contributed by atoms with E-state index in [4.69, 9.17) is 9.47 Å². The maximum Gasteiger partial charge on any atom is 0.0594 e. The topological polar surface area (TPSA) is 33.7 Å². The summed E-state index contributed by atoms with van der Waals surface area (Å²) in [5.74, 6) is 0. The Morgan fingerprint density at radius 3 is 2.47 bits per heavy atom. The number of methoxy groups -OCH3 is 1. The van der Waals surface area contributed by atoms with Crippen molar-refractivity contribution >= 4 is 0 Å². The Morgan fingerprint density at radius 2 is 1.95 bits per heavy atom. The van der Waals surface area contributed by atoms with Crippen molar-refractivity contribution in [2.75, 3.05) is 53.1 Å². The molecule has 0 atom stereocenters. The molecule has 1 aliphatic carbocycles. The van der Waals surface area contributed by atoms with Gasteiger partial charge in [-0.15, -0.1) is 0 Å². The molecule has 2 rings (SSSR count). The van der Waals surface area contributed by atoms with Crippen molar-refractivity contribution in [3.8, 4) is 0 Å². The zero-order valence-corrected chi connectivity index (χ0v) is 12.8. The lowest BCUT2D eigenvalue weighted by Gasteiger charge is -2.44. The molecule has 4 nitrogen and oxygen atoms in total. The maximum absolute atomic E-state index is 5.43. The SMILES string of the molecule is COCC1(CNCC(C)(C)N2CCOCC2)CCC1. The molecule has 0 spiro atoms. The highest BCUT2D eigenvalue weighted by atomic mass is 16.5. The number of rotatable bonds is 7. The van der Waals surface area contributed by atoms with Crippen LogP contribution in [0.3, 0.4) is 0 Å². The lowest BCUT2D eigenvalue weighted by Crippen LogP contribution is -2.56. The van der Waals surface area contributed by atoms with Crippen LogP contribution in [0.2, 0.25) is 0 Å². The summed E-state index contributed by atoms with van der Waals surface area (Å²) in [6.07, 6.45) is 3.98. The van der Waals surface area contributed by atoms with E-state index >= 15 is 0 Å². The molecule has 2 aliphatic rings. The van der Waals surface area contributed by atoms with Crippen LogP contribution >= 0.6 is 0 Å². The summed E-state index contributed by atoms with van der Waals surface area (Å²) in [5, 5.41) is 3.69. The average Bonchev–Trinajstić information content (AvgIpc) is 2.37. The van der Waals surface area contributed by atoms with Gasteiger partial charge in [0, 0.05) is 44.2 Å². The molecule has 0 bridgehead atoms. The molecule has 0 aromatic heterocycles. The van der Waals surface area contributed by atoms with Crippen molar-refractivity contribution < 1.29 is 9.47 Å². The van der Waals surface area contributed by atoms with Gasteiger partial charge in [0.2, 0.25) is 0 Å². The molecule has 0 amide bonds. The molecule has 0 aromatic carbocycles. The Labute approximate surface area is 117 Å². The van der Waals surface area contributed by atoms with Crippen LogP contribution in [0.5, 0.6) is 0 Å². The summed E-state index contributed by atoms with van der Waals surface area (Å²) >= 11 is 0. The van der Waals surface area contributed by atoms with E-state index in [1.54, 1.807) is 0 Å². The van der Waals surface area contributed by atoms with Gasteiger partial charge in [-0.2, -0.15) is 0 Å². The van der Waals surface area contributed by atoms with E-state index < -0.39 is 0 Å². The first-order valence-corrected chi connectivity index (χ1v) is 7.61. The van der Waals surface area contributed by atoms with E-state index in [1.165, 1.54) is 19.3 Å². The van der Waals surface area contributed by atoms with Gasteiger partial charge in [0.05, 0.1) is 19.8 Å². The Morgan fingerprint density at radius 1 is 1.26 bits per heavy atom. The highest BCUT2D eigenvalue weighted by Gasteiger charge is 2.37. The van der Waals surface area contributed by atoms with Gasteiger partial charge in [0.25, 0.3) is 0 Å². The van der Waals surface area contributed by atoms with E-state index in [0.717, 1.165) is 46.0 Å². The van der Waals surface area contributed by atoms with Crippen molar-refractivity contribution in [3.05, 3.63) is 0 Å². The summed E-state index contributed by atoms with van der Waals surface area (Å²) in [7, 11) is 1.82. The normalized spacial score (nSPS) is 24.2. The van der Waals surface area contributed by atoms with Crippen molar-refractivity contribution in [2.24, 2.45) is 5.41 Å². The summed E-state index contributed by atoms with van der Waals surface area (Å²) in [5.41, 5.74) is 0.623. The van der Waals surface area contributed by atoms with Gasteiger partial charge in [-0.25, -0.2) is 0 Å². The van der Waals surface area contributed by atoms with Gasteiger partial charge < -0.3 is 14.8 Å². The largest absolute Gasteiger partial charge is 0.384 e. The van der Waals surface area contributed by atoms with Crippen LogP contribution in [-0.2, 0) is 9.47 Å². The first kappa shape index (κ1) is 15.2. The van der Waals surface area contributed by atoms with E-state index in [0.29, 0.717) is 5.41 Å². The van der Waals surface area contributed by atoms with Crippen molar-refractivity contribution in [2.45, 2.75) is 38.6 Å². The smallest absolute Gasteiger partial charge is 0.0594 e. The van der Waals surface area contributed by atoms with Gasteiger partial charge in [0.15, 0.2) is 0 Å². The van der Waals surface area contributed by atoms with E-state index in [-0.39, 0.29) is 5.54 Å². The third kappa shape index (κ3) is 3.91. The third-order valence-electron chi connectivity index (χ3n) is 4.79. The number of nitrogens with zero attached hydrogens (tertiary/aromatic N) is 1. The van der Waals surface area contributed by atoms with Crippen LogP contribution in [0.4, 0.5) is 0 Å². The van der Waals surface area contributed by atoms with Crippen molar-refractivity contribution in [1.29, 1.82) is 0 Å². The molecular formula is C15H30N2O2. The summed E-state index contributed by atoms with van der Waals surface area (Å²) in [4.78, 5) is 2.53. The van der Waals surface area contributed by atoms with Crippen molar-refractivity contribution in [1.82, 2.24) is 10.2 Å². The van der Waals surface area contributed by atoms with Crippen molar-refractivity contribution in [3.63, 3.8) is 0 Å². The summed E-state index contributed by atoms with van der Waals surface area (Å²) in [6, 6.07) is 0. The lowest BCUT2D eigenvalue weighted by molar-refractivity contribution is -0.0151. The predicted octanol–water partition coefficient (Wildman–Crippen LogP) is 1.50. The highest BCUT2D eigenvalue weighted by Crippen LogP contribution is 2.40. The van der Waals surface area contributed by atoms with Crippen LogP contribution in [-0.4, -0.2) is 63.5 Å². The molecule has 19 heavy (non-hydrogen) atoms. The summed E-state index contributed by atoms with van der Waals surface area (Å²) < 4.78 is 10.8. The number of morpholine rings is 1. The number of ether oxygens (including phenoxy) is 2. The Balaban J connectivity index is 1.74. The minimum absolute atomic E-state index is 0.210. The first-order chi connectivity index (χ1) is 9.08. The molecule has 1 heterocycles. The fraction of sp³-hybridized carbons (Fsp3) is 1.00. The highest BCUT2D eigenvalue weighted by molar-refractivity contribution is 4.92. The molecular weight excluding hydrogens is 240 g/mol. The molecule has 1 N–H and O–H groups in total. The predicted molar refractivity (Wildman–Crippen MR) is 77.5 cm³/mol. The minimum Gasteiger partial charge on any atom is -0.384 e. The molecule has 112 valence electrons. The number of nitrogens with one attached hydrogen (secondary N) is 1. The molecule has 2 fully saturated rings. The molecule has 0 radical (unpaired) electrons. The molecule has 1 aliphatic heterocycles.